The summed E-state index contributed by atoms with van der Waals surface area (Å²) in [6.07, 6.45) is 0.526. The van der Waals surface area contributed by atoms with Crippen molar-refractivity contribution in [3.8, 4) is 11.5 Å². The van der Waals surface area contributed by atoms with Gasteiger partial charge in [0.1, 0.15) is 0 Å². The number of nitrogens with zero attached hydrogens (tertiary/aromatic N) is 3. The first-order chi connectivity index (χ1) is 13.7. The lowest BCUT2D eigenvalue weighted by Gasteiger charge is -2.37. The van der Waals surface area contributed by atoms with Crippen LogP contribution in [0, 0.1) is 0 Å². The van der Waals surface area contributed by atoms with Crippen molar-refractivity contribution in [2.45, 2.75) is 19.5 Å². The van der Waals surface area contributed by atoms with Crippen molar-refractivity contribution in [2.75, 3.05) is 32.4 Å². The minimum atomic E-state index is -0.408. The van der Waals surface area contributed by atoms with E-state index < -0.39 is 5.97 Å². The highest BCUT2D eigenvalue weighted by Gasteiger charge is 2.43. The van der Waals surface area contributed by atoms with Crippen molar-refractivity contribution in [2.24, 2.45) is 5.10 Å². The van der Waals surface area contributed by atoms with E-state index in [1.807, 2.05) is 52.4 Å². The number of hydrazone groups is 1. The maximum Gasteiger partial charge on any atom is 0.376 e. The Kier molecular flexibility index (Phi) is 4.81. The lowest BCUT2D eigenvalue weighted by molar-refractivity contribution is -0.135. The van der Waals surface area contributed by atoms with Gasteiger partial charge in [0.2, 0.25) is 5.84 Å². The van der Waals surface area contributed by atoms with E-state index in [1.54, 1.807) is 21.1 Å². The standard InChI is InChI=1S/C21H23N3O4/c1-4-28-21(25)19-22-24(15-8-6-5-7-9-15)20-16-13-18(27-3)17(26-2)12-14(16)10-11-23(19)20/h5-9,12-13,20H,4,10-11H2,1-3H3/t20-/m1/s1. The third-order valence-corrected chi connectivity index (χ3v) is 5.03. The second-order valence-electron chi connectivity index (χ2n) is 6.55. The van der Waals surface area contributed by atoms with Crippen molar-refractivity contribution >= 4 is 17.5 Å². The number of ether oxygens (including phenoxy) is 3. The minimum absolute atomic E-state index is 0.245. The van der Waals surface area contributed by atoms with Crippen molar-refractivity contribution in [3.63, 3.8) is 0 Å². The Morgan fingerprint density at radius 3 is 2.54 bits per heavy atom. The van der Waals surface area contributed by atoms with Gasteiger partial charge < -0.3 is 19.1 Å². The molecule has 28 heavy (non-hydrogen) atoms. The Morgan fingerprint density at radius 2 is 1.86 bits per heavy atom. The van der Waals surface area contributed by atoms with Gasteiger partial charge in [-0.05, 0) is 43.2 Å². The molecule has 0 unspecified atom stereocenters. The Hall–Kier alpha value is -3.22. The normalized spacial score (nSPS) is 17.5. The number of hydrogen-bond acceptors (Lipinski definition) is 7. The van der Waals surface area contributed by atoms with Crippen LogP contribution in [0.25, 0.3) is 0 Å². The van der Waals surface area contributed by atoms with Crippen LogP contribution in [0.5, 0.6) is 11.5 Å². The lowest BCUT2D eigenvalue weighted by Crippen LogP contribution is -2.43. The molecule has 0 bridgehead atoms. The molecule has 0 aromatic heterocycles. The predicted octanol–water partition coefficient (Wildman–Crippen LogP) is 2.96. The Balaban J connectivity index is 1.83. The van der Waals surface area contributed by atoms with E-state index in [9.17, 15) is 4.79 Å². The van der Waals surface area contributed by atoms with Gasteiger partial charge in [-0.3, -0.25) is 0 Å². The average molecular weight is 381 g/mol. The van der Waals surface area contributed by atoms with Crippen LogP contribution >= 0.6 is 0 Å². The fourth-order valence-electron chi connectivity index (χ4n) is 3.76. The number of para-hydroxylation sites is 1. The summed E-state index contributed by atoms with van der Waals surface area (Å²) in [6.45, 7) is 2.76. The van der Waals surface area contributed by atoms with Crippen LogP contribution < -0.4 is 14.5 Å². The Morgan fingerprint density at radius 1 is 1.14 bits per heavy atom. The first kappa shape index (κ1) is 18.2. The summed E-state index contributed by atoms with van der Waals surface area (Å²) < 4.78 is 16.2. The fourth-order valence-corrected chi connectivity index (χ4v) is 3.76. The van der Waals surface area contributed by atoms with E-state index in [4.69, 9.17) is 14.2 Å². The number of rotatable bonds is 5. The monoisotopic (exact) mass is 381 g/mol. The maximum absolute atomic E-state index is 12.5. The van der Waals surface area contributed by atoms with Crippen molar-refractivity contribution in [3.05, 3.63) is 53.6 Å². The summed E-state index contributed by atoms with van der Waals surface area (Å²) >= 11 is 0. The molecule has 4 rings (SSSR count). The number of methoxy groups -OCH3 is 2. The fraction of sp³-hybridized carbons (Fsp3) is 0.333. The molecule has 2 aliphatic rings. The molecule has 2 aromatic rings. The largest absolute Gasteiger partial charge is 0.493 e. The number of carbonyl (C=O) groups excluding carboxylic acids is 1. The van der Waals surface area contributed by atoms with Gasteiger partial charge in [0.15, 0.2) is 17.7 Å². The second-order valence-corrected chi connectivity index (χ2v) is 6.55. The van der Waals surface area contributed by atoms with E-state index in [1.165, 1.54) is 0 Å². The zero-order valence-corrected chi connectivity index (χ0v) is 16.2. The SMILES string of the molecule is CCOC(=O)C1=NN(c2ccccc2)[C@@H]2c3cc(OC)c(OC)cc3CCN12. The van der Waals surface area contributed by atoms with Crippen LogP contribution in [0.15, 0.2) is 47.6 Å². The number of amidine groups is 1. The highest BCUT2D eigenvalue weighted by Crippen LogP contribution is 2.43. The van der Waals surface area contributed by atoms with E-state index in [0.29, 0.717) is 30.5 Å². The minimum Gasteiger partial charge on any atom is -0.493 e. The van der Waals surface area contributed by atoms with E-state index in [0.717, 1.165) is 23.2 Å². The molecule has 0 N–H and O–H groups in total. The zero-order chi connectivity index (χ0) is 19.7. The molecule has 0 fully saturated rings. The summed E-state index contributed by atoms with van der Waals surface area (Å²) in [7, 11) is 3.25. The van der Waals surface area contributed by atoms with Crippen LogP contribution in [-0.2, 0) is 16.0 Å². The molecule has 1 atom stereocenters. The van der Waals surface area contributed by atoms with E-state index in [-0.39, 0.29) is 6.17 Å². The molecule has 2 aromatic carbocycles. The molecule has 7 nitrogen and oxygen atoms in total. The Labute approximate surface area is 164 Å². The van der Waals surface area contributed by atoms with Crippen molar-refractivity contribution < 1.29 is 19.0 Å². The van der Waals surface area contributed by atoms with Crippen LogP contribution in [0.4, 0.5) is 5.69 Å². The van der Waals surface area contributed by atoms with Crippen LogP contribution in [0.2, 0.25) is 0 Å². The van der Waals surface area contributed by atoms with Gasteiger partial charge in [-0.25, -0.2) is 9.80 Å². The summed E-state index contributed by atoms with van der Waals surface area (Å²) in [5.74, 6) is 1.28. The van der Waals surface area contributed by atoms with Crippen molar-refractivity contribution in [1.29, 1.82) is 0 Å². The summed E-state index contributed by atoms with van der Waals surface area (Å²) in [6, 6.07) is 13.8. The molecule has 0 radical (unpaired) electrons. The molecule has 146 valence electrons. The molecule has 0 aliphatic carbocycles. The molecule has 0 saturated heterocycles. The van der Waals surface area contributed by atoms with Crippen LogP contribution in [-0.4, -0.2) is 44.1 Å². The number of fused-ring (bicyclic) bond motifs is 3. The number of anilines is 1. The number of benzene rings is 2. The molecule has 2 aliphatic heterocycles. The van der Waals surface area contributed by atoms with Crippen molar-refractivity contribution in [1.82, 2.24) is 4.90 Å². The smallest absolute Gasteiger partial charge is 0.376 e. The molecule has 0 spiro atoms. The van der Waals surface area contributed by atoms with E-state index in [2.05, 4.69) is 5.10 Å². The number of hydrogen-bond donors (Lipinski definition) is 0. The summed E-state index contributed by atoms with van der Waals surface area (Å²) in [4.78, 5) is 14.5. The van der Waals surface area contributed by atoms with Gasteiger partial charge in [-0.15, -0.1) is 5.10 Å². The molecular weight excluding hydrogens is 358 g/mol. The zero-order valence-electron chi connectivity index (χ0n) is 16.2. The van der Waals surface area contributed by atoms with Gasteiger partial charge in [0.25, 0.3) is 0 Å². The van der Waals surface area contributed by atoms with Gasteiger partial charge in [-0.1, -0.05) is 18.2 Å². The highest BCUT2D eigenvalue weighted by molar-refractivity contribution is 6.36. The first-order valence-corrected chi connectivity index (χ1v) is 9.29. The number of esters is 1. The van der Waals surface area contributed by atoms with Gasteiger partial charge >= 0.3 is 5.97 Å². The molecule has 2 heterocycles. The topological polar surface area (TPSA) is 63.6 Å². The molecule has 0 amide bonds. The number of carbonyl (C=O) groups is 1. The van der Waals surface area contributed by atoms with Crippen LogP contribution in [0.1, 0.15) is 24.2 Å². The van der Waals surface area contributed by atoms with Gasteiger partial charge in [-0.2, -0.15) is 0 Å². The summed E-state index contributed by atoms with van der Waals surface area (Å²) in [5.41, 5.74) is 3.09. The predicted molar refractivity (Wildman–Crippen MR) is 106 cm³/mol. The first-order valence-electron chi connectivity index (χ1n) is 9.29. The average Bonchev–Trinajstić information content (AvgIpc) is 3.13. The van der Waals surface area contributed by atoms with Gasteiger partial charge in [0.05, 0.1) is 26.5 Å². The third kappa shape index (κ3) is 2.93. The van der Waals surface area contributed by atoms with E-state index >= 15 is 0 Å². The molecular formula is C21H23N3O4. The maximum atomic E-state index is 12.5. The van der Waals surface area contributed by atoms with Gasteiger partial charge in [0, 0.05) is 12.1 Å². The van der Waals surface area contributed by atoms with Crippen LogP contribution in [0.3, 0.4) is 0 Å². The summed E-state index contributed by atoms with van der Waals surface area (Å²) in [5, 5.41) is 6.52. The third-order valence-electron chi connectivity index (χ3n) is 5.03. The molecule has 0 saturated carbocycles. The second kappa shape index (κ2) is 7.42. The highest BCUT2D eigenvalue weighted by atomic mass is 16.5. The molecule has 7 heteroatoms. The lowest BCUT2D eigenvalue weighted by atomic mass is 9.95. The Bertz CT molecular complexity index is 913. The quantitative estimate of drug-likeness (QED) is 0.742.